The average Bonchev–Trinajstić information content (AvgIpc) is 3.34. The first-order valence-electron chi connectivity index (χ1n) is 12.7. The summed E-state index contributed by atoms with van der Waals surface area (Å²) in [6, 6.07) is 8.53. The first kappa shape index (κ1) is 20.5. The number of carbonyl (C=O) groups excluding carboxylic acids is 1. The highest BCUT2D eigenvalue weighted by Gasteiger charge is 2.59. The van der Waals surface area contributed by atoms with E-state index in [1.807, 2.05) is 6.33 Å². The van der Waals surface area contributed by atoms with Crippen molar-refractivity contribution < 1.29 is 9.53 Å². The van der Waals surface area contributed by atoms with Crippen molar-refractivity contribution in [2.45, 2.75) is 78.2 Å². The van der Waals surface area contributed by atoms with Gasteiger partial charge >= 0.3 is 5.97 Å². The van der Waals surface area contributed by atoms with Crippen molar-refractivity contribution in [2.75, 3.05) is 0 Å². The first-order valence-corrected chi connectivity index (χ1v) is 12.7. The number of allylic oxidation sites excluding steroid dienone is 2. The van der Waals surface area contributed by atoms with E-state index >= 15 is 0 Å². The first-order chi connectivity index (χ1) is 15.4. The van der Waals surface area contributed by atoms with Crippen LogP contribution in [0.4, 0.5) is 0 Å². The number of carbonyl (C=O) groups is 1. The lowest BCUT2D eigenvalue weighted by atomic mass is 9.45. The summed E-state index contributed by atoms with van der Waals surface area (Å²) in [7, 11) is 0. The molecule has 1 aromatic carbocycles. The highest BCUT2D eigenvalue weighted by Crippen LogP contribution is 2.67. The quantitative estimate of drug-likeness (QED) is 0.511. The van der Waals surface area contributed by atoms with E-state index in [9.17, 15) is 4.79 Å². The SMILES string of the molecule is CC(=O)OC1CCC2(C)C(CCC3C4CC=C(n5cnc6ccccc65)C4(C)CCC32)C1. The van der Waals surface area contributed by atoms with Crippen LogP contribution in [-0.2, 0) is 9.53 Å². The molecule has 2 aromatic rings. The molecule has 0 bridgehead atoms. The summed E-state index contributed by atoms with van der Waals surface area (Å²) in [4.78, 5) is 16.2. The van der Waals surface area contributed by atoms with Crippen molar-refractivity contribution in [3.63, 3.8) is 0 Å². The molecule has 0 radical (unpaired) electrons. The zero-order valence-electron chi connectivity index (χ0n) is 19.7. The lowest BCUT2D eigenvalue weighted by Crippen LogP contribution is -2.54. The van der Waals surface area contributed by atoms with Crippen molar-refractivity contribution >= 4 is 22.7 Å². The lowest BCUT2D eigenvalue weighted by molar-refractivity contribution is -0.158. The minimum absolute atomic E-state index is 0.114. The standard InChI is InChI=1S/C28H36N2O2/c1-18(31)32-20-12-14-27(2)19(16-20)8-9-21-22-10-11-26(28(22,3)15-13-23(21)27)30-17-29-24-6-4-5-7-25(24)30/h4-7,11,17,19-23H,8-10,12-16H2,1-3H3. The van der Waals surface area contributed by atoms with Crippen LogP contribution in [0.2, 0.25) is 0 Å². The Hall–Kier alpha value is -2.10. The van der Waals surface area contributed by atoms with Crippen molar-refractivity contribution in [2.24, 2.45) is 34.5 Å². The molecule has 0 spiro atoms. The molecule has 0 N–H and O–H groups in total. The van der Waals surface area contributed by atoms with Crippen LogP contribution in [0, 0.1) is 34.5 Å². The number of hydrogen-bond acceptors (Lipinski definition) is 3. The van der Waals surface area contributed by atoms with Gasteiger partial charge in [-0.3, -0.25) is 4.79 Å². The molecule has 170 valence electrons. The normalized spacial score (nSPS) is 40.8. The van der Waals surface area contributed by atoms with Crippen LogP contribution in [0.3, 0.4) is 0 Å². The molecule has 0 saturated heterocycles. The van der Waals surface area contributed by atoms with Crippen LogP contribution >= 0.6 is 0 Å². The molecule has 4 heteroatoms. The fourth-order valence-corrected chi connectivity index (χ4v) is 8.63. The van der Waals surface area contributed by atoms with E-state index in [0.717, 1.165) is 36.1 Å². The zero-order chi connectivity index (χ0) is 22.1. The molecule has 0 aliphatic heterocycles. The number of ether oxygens (including phenoxy) is 1. The zero-order valence-corrected chi connectivity index (χ0v) is 19.7. The van der Waals surface area contributed by atoms with Gasteiger partial charge in [0.1, 0.15) is 12.4 Å². The van der Waals surface area contributed by atoms with Gasteiger partial charge in [0.25, 0.3) is 0 Å². The molecule has 4 aliphatic carbocycles. The molecule has 1 aromatic heterocycles. The summed E-state index contributed by atoms with van der Waals surface area (Å²) in [6.07, 6.45) is 14.5. The van der Waals surface area contributed by atoms with E-state index in [0.29, 0.717) is 11.3 Å². The monoisotopic (exact) mass is 432 g/mol. The van der Waals surface area contributed by atoms with Crippen molar-refractivity contribution in [3.05, 3.63) is 36.7 Å². The Balaban J connectivity index is 1.27. The van der Waals surface area contributed by atoms with Crippen LogP contribution in [0.25, 0.3) is 16.7 Å². The number of fused-ring (bicyclic) bond motifs is 6. The number of para-hydroxylation sites is 2. The molecule has 4 aliphatic rings. The summed E-state index contributed by atoms with van der Waals surface area (Å²) < 4.78 is 8.02. The third kappa shape index (κ3) is 2.87. The van der Waals surface area contributed by atoms with Crippen molar-refractivity contribution in [1.82, 2.24) is 9.55 Å². The molecular formula is C28H36N2O2. The van der Waals surface area contributed by atoms with Crippen molar-refractivity contribution in [1.29, 1.82) is 0 Å². The van der Waals surface area contributed by atoms with Crippen LogP contribution < -0.4 is 0 Å². The van der Waals surface area contributed by atoms with Gasteiger partial charge in [0.2, 0.25) is 0 Å². The molecule has 1 heterocycles. The fourth-order valence-electron chi connectivity index (χ4n) is 8.63. The van der Waals surface area contributed by atoms with Gasteiger partial charge < -0.3 is 9.30 Å². The van der Waals surface area contributed by atoms with Gasteiger partial charge in [0, 0.05) is 18.0 Å². The Labute approximate surface area is 191 Å². The van der Waals surface area contributed by atoms with Gasteiger partial charge in [0.05, 0.1) is 11.0 Å². The molecule has 32 heavy (non-hydrogen) atoms. The fraction of sp³-hybridized carbons (Fsp3) is 0.643. The number of nitrogens with zero attached hydrogens (tertiary/aromatic N) is 2. The third-order valence-corrected chi connectivity index (χ3v) is 10.2. The Morgan fingerprint density at radius 2 is 1.94 bits per heavy atom. The van der Waals surface area contributed by atoms with Gasteiger partial charge in [0.15, 0.2) is 0 Å². The number of benzene rings is 1. The second-order valence-electron chi connectivity index (χ2n) is 11.5. The van der Waals surface area contributed by atoms with E-state index in [4.69, 9.17) is 9.72 Å². The van der Waals surface area contributed by atoms with E-state index in [-0.39, 0.29) is 17.5 Å². The van der Waals surface area contributed by atoms with E-state index in [1.165, 1.54) is 49.7 Å². The molecule has 0 amide bonds. The summed E-state index contributed by atoms with van der Waals surface area (Å²) >= 11 is 0. The number of aromatic nitrogens is 2. The van der Waals surface area contributed by atoms with Gasteiger partial charge in [-0.05, 0) is 92.6 Å². The molecule has 7 atom stereocenters. The lowest BCUT2D eigenvalue weighted by Gasteiger charge is -2.60. The van der Waals surface area contributed by atoms with Crippen molar-refractivity contribution in [3.8, 4) is 0 Å². The van der Waals surface area contributed by atoms with Gasteiger partial charge in [-0.15, -0.1) is 0 Å². The summed E-state index contributed by atoms with van der Waals surface area (Å²) in [5, 5.41) is 0. The van der Waals surface area contributed by atoms with E-state index in [2.05, 4.69) is 48.8 Å². The molecule has 4 nitrogen and oxygen atoms in total. The van der Waals surface area contributed by atoms with Gasteiger partial charge in [-0.25, -0.2) is 4.98 Å². The number of esters is 1. The molecule has 6 rings (SSSR count). The Bertz CT molecular complexity index is 1090. The summed E-state index contributed by atoms with van der Waals surface area (Å²) in [5.74, 6) is 2.95. The predicted molar refractivity (Wildman–Crippen MR) is 127 cm³/mol. The topological polar surface area (TPSA) is 44.1 Å². The maximum absolute atomic E-state index is 11.5. The molecular weight excluding hydrogens is 396 g/mol. The average molecular weight is 433 g/mol. The van der Waals surface area contributed by atoms with Gasteiger partial charge in [-0.1, -0.05) is 32.1 Å². The Kier molecular flexibility index (Phi) is 4.61. The highest BCUT2D eigenvalue weighted by atomic mass is 16.5. The van der Waals surface area contributed by atoms with Crippen LogP contribution in [0.1, 0.15) is 72.1 Å². The smallest absolute Gasteiger partial charge is 0.302 e. The molecule has 3 fully saturated rings. The second-order valence-corrected chi connectivity index (χ2v) is 11.5. The second kappa shape index (κ2) is 7.20. The van der Waals surface area contributed by atoms with E-state index in [1.54, 1.807) is 6.92 Å². The van der Waals surface area contributed by atoms with Crippen LogP contribution in [0.5, 0.6) is 0 Å². The maximum atomic E-state index is 11.5. The van der Waals surface area contributed by atoms with Crippen LogP contribution in [-0.4, -0.2) is 21.6 Å². The summed E-state index contributed by atoms with van der Waals surface area (Å²) in [6.45, 7) is 6.67. The minimum Gasteiger partial charge on any atom is -0.463 e. The minimum atomic E-state index is -0.114. The van der Waals surface area contributed by atoms with Crippen LogP contribution in [0.15, 0.2) is 36.7 Å². The number of hydrogen-bond donors (Lipinski definition) is 0. The maximum Gasteiger partial charge on any atom is 0.302 e. The third-order valence-electron chi connectivity index (χ3n) is 10.2. The highest BCUT2D eigenvalue weighted by molar-refractivity contribution is 5.80. The Morgan fingerprint density at radius 1 is 1.09 bits per heavy atom. The summed E-state index contributed by atoms with van der Waals surface area (Å²) in [5.41, 5.74) is 4.46. The van der Waals surface area contributed by atoms with Gasteiger partial charge in [-0.2, -0.15) is 0 Å². The number of rotatable bonds is 2. The molecule has 3 saturated carbocycles. The van der Waals surface area contributed by atoms with E-state index < -0.39 is 0 Å². The molecule has 7 unspecified atom stereocenters. The predicted octanol–water partition coefficient (Wildman–Crippen LogP) is 6.46. The Morgan fingerprint density at radius 3 is 2.78 bits per heavy atom. The largest absolute Gasteiger partial charge is 0.463 e. The number of imidazole rings is 1.